The second-order valence-electron chi connectivity index (χ2n) is 4.30. The summed E-state index contributed by atoms with van der Waals surface area (Å²) in [6.07, 6.45) is 6.90. The summed E-state index contributed by atoms with van der Waals surface area (Å²) in [5.74, 6) is 0.807. The van der Waals surface area contributed by atoms with Crippen LogP contribution >= 0.6 is 12.2 Å². The number of hydrogen-bond donors (Lipinski definition) is 2. The van der Waals surface area contributed by atoms with Crippen LogP contribution in [-0.2, 0) is 0 Å². The first-order valence-corrected chi connectivity index (χ1v) is 6.15. The van der Waals surface area contributed by atoms with E-state index >= 15 is 0 Å². The Morgan fingerprint density at radius 3 is 2.75 bits per heavy atom. The summed E-state index contributed by atoms with van der Waals surface area (Å²) in [5.41, 5.74) is 1.15. The van der Waals surface area contributed by atoms with Crippen LogP contribution in [-0.4, -0.2) is 16.1 Å². The lowest BCUT2D eigenvalue weighted by molar-refractivity contribution is 0.634. The molecule has 1 aromatic rings. The first-order valence-electron chi connectivity index (χ1n) is 5.74. The monoisotopic (exact) mass is 235 g/mol. The topological polar surface area (TPSA) is 37.0 Å². The molecular weight excluding hydrogens is 218 g/mol. The van der Waals surface area contributed by atoms with E-state index in [0.717, 1.165) is 11.4 Å². The highest BCUT2D eigenvalue weighted by Crippen LogP contribution is 2.17. The third-order valence-electron chi connectivity index (χ3n) is 2.84. The lowest BCUT2D eigenvalue weighted by Crippen LogP contribution is -2.36. The fraction of sp³-hybridized carbons (Fsp3) is 0.500. The van der Waals surface area contributed by atoms with Crippen molar-refractivity contribution in [2.45, 2.75) is 38.6 Å². The molecule has 1 aromatic heterocycles. The molecule has 1 aliphatic rings. The van der Waals surface area contributed by atoms with Crippen molar-refractivity contribution in [1.82, 2.24) is 10.3 Å². The zero-order chi connectivity index (χ0) is 11.4. The molecule has 0 radical (unpaired) electrons. The minimum atomic E-state index is 0.547. The van der Waals surface area contributed by atoms with Gasteiger partial charge in [0.2, 0.25) is 0 Å². The number of thiocarbonyl (C=S) groups is 1. The van der Waals surface area contributed by atoms with E-state index in [4.69, 9.17) is 12.2 Å². The van der Waals surface area contributed by atoms with E-state index in [0.29, 0.717) is 11.2 Å². The van der Waals surface area contributed by atoms with E-state index in [2.05, 4.69) is 15.6 Å². The van der Waals surface area contributed by atoms with Crippen molar-refractivity contribution >= 4 is 23.1 Å². The lowest BCUT2D eigenvalue weighted by atomic mass is 10.3. The van der Waals surface area contributed by atoms with Gasteiger partial charge in [0.15, 0.2) is 5.11 Å². The van der Waals surface area contributed by atoms with Crippen LogP contribution in [0.25, 0.3) is 0 Å². The Balaban J connectivity index is 1.84. The first-order chi connectivity index (χ1) is 7.74. The third kappa shape index (κ3) is 3.17. The quantitative estimate of drug-likeness (QED) is 0.773. The van der Waals surface area contributed by atoms with Gasteiger partial charge in [-0.05, 0) is 43.6 Å². The average molecular weight is 235 g/mol. The van der Waals surface area contributed by atoms with Crippen molar-refractivity contribution in [3.8, 4) is 0 Å². The molecular formula is C12H17N3S. The summed E-state index contributed by atoms with van der Waals surface area (Å²) in [5, 5.41) is 7.11. The van der Waals surface area contributed by atoms with Gasteiger partial charge in [-0.15, -0.1) is 0 Å². The Bertz CT molecular complexity index is 355. The zero-order valence-electron chi connectivity index (χ0n) is 9.49. The van der Waals surface area contributed by atoms with Crippen molar-refractivity contribution in [1.29, 1.82) is 0 Å². The number of aryl methyl sites for hydroxylation is 1. The Morgan fingerprint density at radius 1 is 1.38 bits per heavy atom. The van der Waals surface area contributed by atoms with Crippen molar-refractivity contribution in [3.05, 3.63) is 23.9 Å². The van der Waals surface area contributed by atoms with E-state index in [1.807, 2.05) is 25.3 Å². The van der Waals surface area contributed by atoms with Crippen LogP contribution in [0.3, 0.4) is 0 Å². The van der Waals surface area contributed by atoms with Crippen LogP contribution in [0.1, 0.15) is 31.2 Å². The molecule has 1 heterocycles. The highest BCUT2D eigenvalue weighted by molar-refractivity contribution is 7.80. The van der Waals surface area contributed by atoms with Gasteiger partial charge < -0.3 is 10.6 Å². The lowest BCUT2D eigenvalue weighted by Gasteiger charge is -2.15. The van der Waals surface area contributed by atoms with Gasteiger partial charge >= 0.3 is 0 Å². The number of anilines is 1. The Labute approximate surface area is 102 Å². The van der Waals surface area contributed by atoms with E-state index in [1.54, 1.807) is 0 Å². The molecule has 16 heavy (non-hydrogen) atoms. The van der Waals surface area contributed by atoms with Gasteiger partial charge in [-0.3, -0.25) is 0 Å². The summed E-state index contributed by atoms with van der Waals surface area (Å²) < 4.78 is 0. The van der Waals surface area contributed by atoms with Gasteiger partial charge in [0, 0.05) is 12.2 Å². The minimum Gasteiger partial charge on any atom is -0.360 e. The van der Waals surface area contributed by atoms with Gasteiger partial charge in [0.05, 0.1) is 0 Å². The maximum atomic E-state index is 5.24. The molecule has 0 atom stereocenters. The molecule has 0 saturated heterocycles. The van der Waals surface area contributed by atoms with Gasteiger partial charge in [-0.25, -0.2) is 4.98 Å². The summed E-state index contributed by atoms with van der Waals surface area (Å²) >= 11 is 5.24. The predicted octanol–water partition coefficient (Wildman–Crippen LogP) is 2.62. The Morgan fingerprint density at radius 2 is 2.12 bits per heavy atom. The predicted molar refractivity (Wildman–Crippen MR) is 70.6 cm³/mol. The highest BCUT2D eigenvalue weighted by atomic mass is 32.1. The van der Waals surface area contributed by atoms with Crippen molar-refractivity contribution in [2.75, 3.05) is 5.32 Å². The van der Waals surface area contributed by atoms with Gasteiger partial charge in [0.1, 0.15) is 5.82 Å². The third-order valence-corrected chi connectivity index (χ3v) is 3.06. The van der Waals surface area contributed by atoms with Gasteiger partial charge in [-0.1, -0.05) is 18.9 Å². The summed E-state index contributed by atoms with van der Waals surface area (Å²) in [7, 11) is 0. The number of nitrogens with one attached hydrogen (secondary N) is 2. The molecule has 2 N–H and O–H groups in total. The second-order valence-corrected chi connectivity index (χ2v) is 4.71. The van der Waals surface area contributed by atoms with Crippen LogP contribution in [0.4, 0.5) is 5.82 Å². The number of hydrogen-bond acceptors (Lipinski definition) is 2. The van der Waals surface area contributed by atoms with Gasteiger partial charge in [0.25, 0.3) is 0 Å². The van der Waals surface area contributed by atoms with Crippen molar-refractivity contribution < 1.29 is 0 Å². The van der Waals surface area contributed by atoms with Crippen molar-refractivity contribution in [3.63, 3.8) is 0 Å². The molecule has 3 nitrogen and oxygen atoms in total. The molecule has 0 aliphatic heterocycles. The van der Waals surface area contributed by atoms with Crippen LogP contribution in [0.2, 0.25) is 0 Å². The molecule has 86 valence electrons. The summed E-state index contributed by atoms with van der Waals surface area (Å²) in [4.78, 5) is 4.25. The van der Waals surface area contributed by atoms with E-state index in [1.165, 1.54) is 25.7 Å². The van der Waals surface area contributed by atoms with Crippen LogP contribution < -0.4 is 10.6 Å². The van der Waals surface area contributed by atoms with Crippen LogP contribution in [0, 0.1) is 6.92 Å². The average Bonchev–Trinajstić information content (AvgIpc) is 2.74. The molecule has 1 aliphatic carbocycles. The second kappa shape index (κ2) is 5.25. The van der Waals surface area contributed by atoms with E-state index in [-0.39, 0.29) is 0 Å². The fourth-order valence-electron chi connectivity index (χ4n) is 1.95. The molecule has 0 amide bonds. The van der Waals surface area contributed by atoms with Crippen molar-refractivity contribution in [2.24, 2.45) is 0 Å². The molecule has 1 saturated carbocycles. The fourth-order valence-corrected chi connectivity index (χ4v) is 2.22. The Kier molecular flexibility index (Phi) is 3.72. The SMILES string of the molecule is Cc1ccc(NC(=S)NC2CCCC2)nc1. The first kappa shape index (κ1) is 11.3. The number of rotatable bonds is 2. The number of aromatic nitrogens is 1. The summed E-state index contributed by atoms with van der Waals surface area (Å²) in [6, 6.07) is 4.51. The smallest absolute Gasteiger partial charge is 0.172 e. The van der Waals surface area contributed by atoms with Crippen LogP contribution in [0.15, 0.2) is 18.3 Å². The number of nitrogens with zero attached hydrogens (tertiary/aromatic N) is 1. The van der Waals surface area contributed by atoms with E-state index in [9.17, 15) is 0 Å². The molecule has 4 heteroatoms. The Hall–Kier alpha value is -1.16. The molecule has 2 rings (SSSR count). The molecule has 0 aromatic carbocycles. The molecule has 0 unspecified atom stereocenters. The molecule has 0 spiro atoms. The maximum Gasteiger partial charge on any atom is 0.172 e. The number of pyridine rings is 1. The molecule has 1 fully saturated rings. The molecule has 0 bridgehead atoms. The normalized spacial score (nSPS) is 16.1. The standard InChI is InChI=1S/C12H17N3S/c1-9-6-7-11(13-8-9)15-12(16)14-10-4-2-3-5-10/h6-8,10H,2-5H2,1H3,(H2,13,14,15,16). The van der Waals surface area contributed by atoms with E-state index < -0.39 is 0 Å². The summed E-state index contributed by atoms with van der Waals surface area (Å²) in [6.45, 7) is 2.02. The maximum absolute atomic E-state index is 5.24. The van der Waals surface area contributed by atoms with Crippen LogP contribution in [0.5, 0.6) is 0 Å². The zero-order valence-corrected chi connectivity index (χ0v) is 10.3. The highest BCUT2D eigenvalue weighted by Gasteiger charge is 2.15. The minimum absolute atomic E-state index is 0.547. The largest absolute Gasteiger partial charge is 0.360 e. The van der Waals surface area contributed by atoms with Gasteiger partial charge in [-0.2, -0.15) is 0 Å².